The Labute approximate surface area is 103 Å². The molecule has 94 valence electrons. The molecule has 0 radical (unpaired) electrons. The Morgan fingerprint density at radius 1 is 1.35 bits per heavy atom. The van der Waals surface area contributed by atoms with Gasteiger partial charge in [0.15, 0.2) is 9.84 Å². The first-order valence-electron chi connectivity index (χ1n) is 6.05. The molecule has 4 heteroatoms. The molecule has 0 aliphatic carbocycles. The third kappa shape index (κ3) is 3.82. The van der Waals surface area contributed by atoms with Gasteiger partial charge in [0.2, 0.25) is 0 Å². The van der Waals surface area contributed by atoms with Crippen molar-refractivity contribution < 1.29 is 8.42 Å². The first-order chi connectivity index (χ1) is 8.05. The fraction of sp³-hybridized carbons (Fsp3) is 0.538. The van der Waals surface area contributed by atoms with E-state index >= 15 is 0 Å². The van der Waals surface area contributed by atoms with E-state index in [1.54, 1.807) is 0 Å². The van der Waals surface area contributed by atoms with E-state index in [4.69, 9.17) is 0 Å². The molecule has 0 saturated carbocycles. The summed E-state index contributed by atoms with van der Waals surface area (Å²) in [7, 11) is -2.78. The summed E-state index contributed by atoms with van der Waals surface area (Å²) in [5.41, 5.74) is 1.29. The van der Waals surface area contributed by atoms with Gasteiger partial charge in [-0.25, -0.2) is 8.42 Å². The van der Waals surface area contributed by atoms with Crippen LogP contribution in [0.4, 0.5) is 0 Å². The molecular formula is C13H19NO2S. The minimum Gasteiger partial charge on any atom is -0.310 e. The second kappa shape index (κ2) is 5.19. The largest absolute Gasteiger partial charge is 0.310 e. The zero-order valence-electron chi connectivity index (χ0n) is 10.1. The summed E-state index contributed by atoms with van der Waals surface area (Å²) in [4.78, 5) is 0. The Morgan fingerprint density at radius 2 is 2.06 bits per heavy atom. The van der Waals surface area contributed by atoms with Crippen LogP contribution in [0.1, 0.15) is 18.9 Å². The molecule has 2 rings (SSSR count). The van der Waals surface area contributed by atoms with Crippen molar-refractivity contribution in [1.29, 1.82) is 0 Å². The molecule has 1 N–H and O–H groups in total. The van der Waals surface area contributed by atoms with Gasteiger partial charge in [0.1, 0.15) is 0 Å². The molecule has 1 aromatic carbocycles. The topological polar surface area (TPSA) is 46.2 Å². The highest BCUT2D eigenvalue weighted by molar-refractivity contribution is 7.91. The van der Waals surface area contributed by atoms with Gasteiger partial charge < -0.3 is 5.32 Å². The maximum Gasteiger partial charge on any atom is 0.151 e. The summed E-state index contributed by atoms with van der Waals surface area (Å²) in [6.45, 7) is 2.11. The SMILES string of the molecule is CC(Cc1ccccc1)NC1CCS(=O)(=O)C1. The average molecular weight is 253 g/mol. The van der Waals surface area contributed by atoms with Crippen molar-refractivity contribution in [2.24, 2.45) is 0 Å². The number of sulfone groups is 1. The lowest BCUT2D eigenvalue weighted by molar-refractivity contribution is 0.469. The Hall–Kier alpha value is -0.870. The van der Waals surface area contributed by atoms with E-state index in [1.165, 1.54) is 5.56 Å². The van der Waals surface area contributed by atoms with Gasteiger partial charge in [-0.15, -0.1) is 0 Å². The zero-order valence-corrected chi connectivity index (χ0v) is 10.9. The van der Waals surface area contributed by atoms with Crippen LogP contribution in [0, 0.1) is 0 Å². The average Bonchev–Trinajstić information content (AvgIpc) is 2.59. The van der Waals surface area contributed by atoms with Crippen molar-refractivity contribution in [3.63, 3.8) is 0 Å². The second-order valence-electron chi connectivity index (χ2n) is 4.86. The molecule has 1 fully saturated rings. The molecule has 0 spiro atoms. The summed E-state index contributed by atoms with van der Waals surface area (Å²) in [5, 5.41) is 3.40. The van der Waals surface area contributed by atoms with Gasteiger partial charge in [-0.1, -0.05) is 30.3 Å². The van der Waals surface area contributed by atoms with Gasteiger partial charge in [-0.05, 0) is 25.3 Å². The summed E-state index contributed by atoms with van der Waals surface area (Å²) < 4.78 is 22.7. The van der Waals surface area contributed by atoms with Crippen LogP contribution < -0.4 is 5.32 Å². The highest BCUT2D eigenvalue weighted by Gasteiger charge is 2.28. The zero-order chi connectivity index (χ0) is 12.3. The molecular weight excluding hydrogens is 234 g/mol. The molecule has 17 heavy (non-hydrogen) atoms. The van der Waals surface area contributed by atoms with Crippen molar-refractivity contribution in [3.05, 3.63) is 35.9 Å². The number of hydrogen-bond donors (Lipinski definition) is 1. The van der Waals surface area contributed by atoms with E-state index in [0.717, 1.165) is 12.8 Å². The van der Waals surface area contributed by atoms with Crippen molar-refractivity contribution in [2.45, 2.75) is 31.8 Å². The molecule has 0 aromatic heterocycles. The molecule has 2 atom stereocenters. The first kappa shape index (κ1) is 12.6. The minimum absolute atomic E-state index is 0.138. The highest BCUT2D eigenvalue weighted by Crippen LogP contribution is 2.13. The van der Waals surface area contributed by atoms with Crippen LogP contribution in [-0.2, 0) is 16.3 Å². The van der Waals surface area contributed by atoms with Gasteiger partial charge >= 0.3 is 0 Å². The van der Waals surface area contributed by atoms with E-state index in [1.807, 2.05) is 18.2 Å². The predicted molar refractivity (Wildman–Crippen MR) is 69.8 cm³/mol. The number of rotatable bonds is 4. The summed E-state index contributed by atoms with van der Waals surface area (Å²) in [6, 6.07) is 10.7. The normalized spacial score (nSPS) is 24.6. The monoisotopic (exact) mass is 253 g/mol. The third-order valence-corrected chi connectivity index (χ3v) is 4.91. The molecule has 1 aliphatic rings. The van der Waals surface area contributed by atoms with Crippen LogP contribution in [0.3, 0.4) is 0 Å². The van der Waals surface area contributed by atoms with E-state index in [0.29, 0.717) is 17.5 Å². The molecule has 1 saturated heterocycles. The fourth-order valence-corrected chi connectivity index (χ4v) is 4.04. The van der Waals surface area contributed by atoms with Crippen LogP contribution in [0.2, 0.25) is 0 Å². The van der Waals surface area contributed by atoms with Gasteiger partial charge in [0.25, 0.3) is 0 Å². The van der Waals surface area contributed by atoms with Crippen LogP contribution in [0.15, 0.2) is 30.3 Å². The van der Waals surface area contributed by atoms with Crippen LogP contribution in [0.5, 0.6) is 0 Å². The van der Waals surface area contributed by atoms with Crippen molar-refractivity contribution >= 4 is 9.84 Å². The molecule has 2 unspecified atom stereocenters. The van der Waals surface area contributed by atoms with Crippen LogP contribution >= 0.6 is 0 Å². The highest BCUT2D eigenvalue weighted by atomic mass is 32.2. The van der Waals surface area contributed by atoms with Gasteiger partial charge in [0.05, 0.1) is 11.5 Å². The predicted octanol–water partition coefficient (Wildman–Crippen LogP) is 1.39. The lowest BCUT2D eigenvalue weighted by Gasteiger charge is -2.18. The standard InChI is InChI=1S/C13H19NO2S/c1-11(9-12-5-3-2-4-6-12)14-13-7-8-17(15,16)10-13/h2-6,11,13-14H,7-10H2,1H3. The number of benzene rings is 1. The van der Waals surface area contributed by atoms with Gasteiger partial charge in [0, 0.05) is 12.1 Å². The lowest BCUT2D eigenvalue weighted by Crippen LogP contribution is -2.38. The van der Waals surface area contributed by atoms with Gasteiger partial charge in [-0.2, -0.15) is 0 Å². The van der Waals surface area contributed by atoms with E-state index in [2.05, 4.69) is 24.4 Å². The molecule has 1 aromatic rings. The van der Waals surface area contributed by atoms with E-state index in [9.17, 15) is 8.42 Å². The Bertz CT molecular complexity index is 456. The minimum atomic E-state index is -2.78. The first-order valence-corrected chi connectivity index (χ1v) is 7.88. The number of nitrogens with one attached hydrogen (secondary N) is 1. The smallest absolute Gasteiger partial charge is 0.151 e. The molecule has 0 amide bonds. The summed E-state index contributed by atoms with van der Waals surface area (Å²) in [6.07, 6.45) is 1.69. The number of hydrogen-bond acceptors (Lipinski definition) is 3. The van der Waals surface area contributed by atoms with E-state index in [-0.39, 0.29) is 6.04 Å². The third-order valence-electron chi connectivity index (χ3n) is 3.14. The molecule has 3 nitrogen and oxygen atoms in total. The van der Waals surface area contributed by atoms with E-state index < -0.39 is 9.84 Å². The molecule has 1 aliphatic heterocycles. The summed E-state index contributed by atoms with van der Waals surface area (Å²) in [5.74, 6) is 0.634. The lowest BCUT2D eigenvalue weighted by atomic mass is 10.1. The quantitative estimate of drug-likeness (QED) is 0.882. The Morgan fingerprint density at radius 3 is 2.65 bits per heavy atom. The maximum absolute atomic E-state index is 11.3. The Kier molecular flexibility index (Phi) is 3.84. The molecule has 1 heterocycles. The van der Waals surface area contributed by atoms with Crippen molar-refractivity contribution in [3.8, 4) is 0 Å². The van der Waals surface area contributed by atoms with Crippen LogP contribution in [-0.4, -0.2) is 32.0 Å². The van der Waals surface area contributed by atoms with Crippen molar-refractivity contribution in [1.82, 2.24) is 5.32 Å². The summed E-state index contributed by atoms with van der Waals surface area (Å²) >= 11 is 0. The van der Waals surface area contributed by atoms with Crippen LogP contribution in [0.25, 0.3) is 0 Å². The second-order valence-corrected chi connectivity index (χ2v) is 7.09. The maximum atomic E-state index is 11.3. The molecule has 0 bridgehead atoms. The van der Waals surface area contributed by atoms with Crippen molar-refractivity contribution in [2.75, 3.05) is 11.5 Å². The van der Waals surface area contributed by atoms with Gasteiger partial charge in [-0.3, -0.25) is 0 Å². The Balaban J connectivity index is 1.84. The fourth-order valence-electron chi connectivity index (χ4n) is 2.36.